The summed E-state index contributed by atoms with van der Waals surface area (Å²) in [7, 11) is 0. The van der Waals surface area contributed by atoms with E-state index in [4.69, 9.17) is 5.11 Å². The number of carbonyl (C=O) groups is 1. The molecule has 2 rings (SSSR count). The zero-order chi connectivity index (χ0) is 13.0. The van der Waals surface area contributed by atoms with Gasteiger partial charge < -0.3 is 5.11 Å². The molecular weight excluding hydrogens is 288 g/mol. The van der Waals surface area contributed by atoms with Gasteiger partial charge in [-0.15, -0.1) is 10.2 Å². The Morgan fingerprint density at radius 1 is 1.33 bits per heavy atom. The van der Waals surface area contributed by atoms with Crippen LogP contribution >= 0.6 is 34.9 Å². The van der Waals surface area contributed by atoms with Crippen molar-refractivity contribution in [1.29, 1.82) is 0 Å². The first kappa shape index (κ1) is 13.4. The zero-order valence-electron chi connectivity index (χ0n) is 9.49. The van der Waals surface area contributed by atoms with Crippen LogP contribution in [0.2, 0.25) is 0 Å². The first-order chi connectivity index (χ1) is 8.70. The Balaban J connectivity index is 2.08. The van der Waals surface area contributed by atoms with Crippen molar-refractivity contribution < 1.29 is 9.90 Å². The fraction of sp³-hybridized carbons (Fsp3) is 0.182. The third kappa shape index (κ3) is 3.24. The van der Waals surface area contributed by atoms with Crippen molar-refractivity contribution in [1.82, 2.24) is 10.2 Å². The minimum atomic E-state index is -0.895. The second-order valence-corrected chi connectivity index (χ2v) is 6.54. The number of hydrogen-bond donors (Lipinski definition) is 1. The van der Waals surface area contributed by atoms with Crippen LogP contribution in [0.5, 0.6) is 0 Å². The molecule has 0 aliphatic carbocycles. The summed E-state index contributed by atoms with van der Waals surface area (Å²) >= 11 is 4.59. The molecule has 0 atom stereocenters. The van der Waals surface area contributed by atoms with Crippen LogP contribution in [0.1, 0.15) is 15.9 Å². The van der Waals surface area contributed by atoms with E-state index in [1.54, 1.807) is 23.9 Å². The van der Waals surface area contributed by atoms with Crippen molar-refractivity contribution in [2.75, 3.05) is 6.26 Å². The first-order valence-electron chi connectivity index (χ1n) is 5.02. The molecule has 1 heterocycles. The Bertz CT molecular complexity index is 557. The Kier molecular flexibility index (Phi) is 4.62. The van der Waals surface area contributed by atoms with Gasteiger partial charge in [-0.05, 0) is 17.9 Å². The van der Waals surface area contributed by atoms with E-state index in [9.17, 15) is 4.79 Å². The lowest BCUT2D eigenvalue weighted by Crippen LogP contribution is -2.00. The number of thioether (sulfide) groups is 2. The van der Waals surface area contributed by atoms with E-state index in [0.29, 0.717) is 11.3 Å². The van der Waals surface area contributed by atoms with Crippen molar-refractivity contribution in [2.24, 2.45) is 0 Å². The molecule has 0 aliphatic heterocycles. The summed E-state index contributed by atoms with van der Waals surface area (Å²) in [5.41, 5.74) is 1.15. The monoisotopic (exact) mass is 298 g/mol. The van der Waals surface area contributed by atoms with E-state index in [0.717, 1.165) is 14.2 Å². The molecule has 0 fully saturated rings. The molecule has 1 aromatic carbocycles. The van der Waals surface area contributed by atoms with E-state index < -0.39 is 5.97 Å². The molecule has 0 aliphatic rings. The van der Waals surface area contributed by atoms with Gasteiger partial charge >= 0.3 is 5.97 Å². The van der Waals surface area contributed by atoms with E-state index in [-0.39, 0.29) is 0 Å². The second kappa shape index (κ2) is 6.21. The SMILES string of the molecule is CSc1nnc(SCc2ccccc2C(=O)O)s1. The van der Waals surface area contributed by atoms with Gasteiger partial charge in [0.15, 0.2) is 8.68 Å². The fourth-order valence-electron chi connectivity index (χ4n) is 1.33. The maximum absolute atomic E-state index is 11.0. The van der Waals surface area contributed by atoms with Crippen LogP contribution in [0.3, 0.4) is 0 Å². The van der Waals surface area contributed by atoms with Crippen molar-refractivity contribution in [2.45, 2.75) is 14.4 Å². The first-order valence-corrected chi connectivity index (χ1v) is 8.05. The Morgan fingerprint density at radius 3 is 2.72 bits per heavy atom. The van der Waals surface area contributed by atoms with Crippen molar-refractivity contribution in [3.8, 4) is 0 Å². The number of rotatable bonds is 5. The third-order valence-corrected chi connectivity index (χ3v) is 5.24. The van der Waals surface area contributed by atoms with Gasteiger partial charge in [0.2, 0.25) is 0 Å². The van der Waals surface area contributed by atoms with Crippen LogP contribution in [-0.2, 0) is 5.75 Å². The van der Waals surface area contributed by atoms with E-state index in [1.807, 2.05) is 18.4 Å². The molecule has 1 N–H and O–H groups in total. The molecule has 7 heteroatoms. The summed E-state index contributed by atoms with van der Waals surface area (Å²) in [6.07, 6.45) is 1.95. The molecule has 1 aromatic heterocycles. The summed E-state index contributed by atoms with van der Waals surface area (Å²) in [6.45, 7) is 0. The molecule has 0 amide bonds. The molecule has 0 saturated heterocycles. The van der Waals surface area contributed by atoms with Gasteiger partial charge in [0.05, 0.1) is 5.56 Å². The smallest absolute Gasteiger partial charge is 0.335 e. The highest BCUT2D eigenvalue weighted by Crippen LogP contribution is 2.30. The summed E-state index contributed by atoms with van der Waals surface area (Å²) in [5, 5.41) is 17.1. The molecule has 94 valence electrons. The minimum absolute atomic E-state index is 0.347. The highest BCUT2D eigenvalue weighted by atomic mass is 32.2. The highest BCUT2D eigenvalue weighted by Gasteiger charge is 2.10. The van der Waals surface area contributed by atoms with Crippen LogP contribution in [0.15, 0.2) is 32.9 Å². The molecular formula is C11H10N2O2S3. The van der Waals surface area contributed by atoms with Gasteiger partial charge in [0.1, 0.15) is 0 Å². The standard InChI is InChI=1S/C11H10N2O2S3/c1-16-10-12-13-11(18-10)17-6-7-4-2-3-5-8(7)9(14)15/h2-5H,6H2,1H3,(H,14,15). The van der Waals surface area contributed by atoms with Crippen LogP contribution in [0.4, 0.5) is 0 Å². The summed E-state index contributed by atoms with van der Waals surface area (Å²) < 4.78 is 1.78. The van der Waals surface area contributed by atoms with Crippen LogP contribution in [-0.4, -0.2) is 27.5 Å². The zero-order valence-corrected chi connectivity index (χ0v) is 11.9. The fourth-order valence-corrected chi connectivity index (χ4v) is 3.77. The van der Waals surface area contributed by atoms with Gasteiger partial charge in [-0.3, -0.25) is 0 Å². The average Bonchev–Trinajstić information content (AvgIpc) is 2.84. The van der Waals surface area contributed by atoms with Gasteiger partial charge in [-0.2, -0.15) is 0 Å². The largest absolute Gasteiger partial charge is 0.478 e. The maximum Gasteiger partial charge on any atom is 0.335 e. The number of aromatic carboxylic acids is 1. The quantitative estimate of drug-likeness (QED) is 0.855. The highest BCUT2D eigenvalue weighted by molar-refractivity contribution is 8.02. The van der Waals surface area contributed by atoms with Gasteiger partial charge in [-0.25, -0.2) is 4.79 Å². The lowest BCUT2D eigenvalue weighted by atomic mass is 10.1. The van der Waals surface area contributed by atoms with Gasteiger partial charge in [-0.1, -0.05) is 53.1 Å². The summed E-state index contributed by atoms with van der Waals surface area (Å²) in [5.74, 6) is -0.306. The minimum Gasteiger partial charge on any atom is -0.478 e. The Morgan fingerprint density at radius 2 is 2.06 bits per heavy atom. The van der Waals surface area contributed by atoms with Crippen molar-refractivity contribution in [3.05, 3.63) is 35.4 Å². The molecule has 0 bridgehead atoms. The van der Waals surface area contributed by atoms with Crippen LogP contribution in [0.25, 0.3) is 0 Å². The molecule has 4 nitrogen and oxygen atoms in total. The Labute approximate surface area is 117 Å². The topological polar surface area (TPSA) is 63.1 Å². The molecule has 18 heavy (non-hydrogen) atoms. The average molecular weight is 298 g/mol. The lowest BCUT2D eigenvalue weighted by Gasteiger charge is -2.03. The molecule has 2 aromatic rings. The number of hydrogen-bond acceptors (Lipinski definition) is 6. The number of carboxylic acid groups (broad SMARTS) is 1. The third-order valence-electron chi connectivity index (χ3n) is 2.16. The molecule has 0 spiro atoms. The van der Waals surface area contributed by atoms with E-state index >= 15 is 0 Å². The predicted molar refractivity (Wildman–Crippen MR) is 74.7 cm³/mol. The number of benzene rings is 1. The molecule has 0 radical (unpaired) electrons. The summed E-state index contributed by atoms with van der Waals surface area (Å²) in [6, 6.07) is 7.02. The summed E-state index contributed by atoms with van der Waals surface area (Å²) in [4.78, 5) is 11.0. The van der Waals surface area contributed by atoms with E-state index in [1.165, 1.54) is 23.1 Å². The number of aromatic nitrogens is 2. The second-order valence-electron chi connectivity index (χ2n) is 3.29. The van der Waals surface area contributed by atoms with Gasteiger partial charge in [0, 0.05) is 5.75 Å². The van der Waals surface area contributed by atoms with Gasteiger partial charge in [0.25, 0.3) is 0 Å². The Hall–Kier alpha value is -1.05. The van der Waals surface area contributed by atoms with E-state index in [2.05, 4.69) is 10.2 Å². The predicted octanol–water partition coefficient (Wildman–Crippen LogP) is 3.25. The van der Waals surface area contributed by atoms with Crippen LogP contribution < -0.4 is 0 Å². The number of nitrogens with zero attached hydrogens (tertiary/aromatic N) is 2. The molecule has 0 unspecified atom stereocenters. The number of carboxylic acids is 1. The van der Waals surface area contributed by atoms with Crippen LogP contribution in [0, 0.1) is 0 Å². The molecule has 0 saturated carbocycles. The van der Waals surface area contributed by atoms with Crippen molar-refractivity contribution >= 4 is 40.8 Å². The lowest BCUT2D eigenvalue weighted by molar-refractivity contribution is 0.0696. The maximum atomic E-state index is 11.0. The van der Waals surface area contributed by atoms with Crippen molar-refractivity contribution in [3.63, 3.8) is 0 Å². The normalized spacial score (nSPS) is 10.5.